The summed E-state index contributed by atoms with van der Waals surface area (Å²) in [5.74, 6) is 0. The second-order valence-corrected chi connectivity index (χ2v) is 5.71. The van der Waals surface area contributed by atoms with Crippen molar-refractivity contribution in [2.45, 2.75) is 0 Å². The third-order valence-electron chi connectivity index (χ3n) is 2.99. The zero-order valence-electron chi connectivity index (χ0n) is 11.6. The maximum atomic E-state index is 10.7. The molecule has 2 aromatic carbocycles. The van der Waals surface area contributed by atoms with Crippen molar-refractivity contribution in [3.05, 3.63) is 69.0 Å². The van der Waals surface area contributed by atoms with E-state index in [-0.39, 0.29) is 22.7 Å². The number of non-ortho nitro benzene ring substituents is 1. The van der Waals surface area contributed by atoms with E-state index in [2.05, 4.69) is 10.3 Å². The molecule has 118 valence electrons. The molecular weight excluding hydrogens is 402 g/mol. The summed E-state index contributed by atoms with van der Waals surface area (Å²) in [4.78, 5) is 14.7. The molecule has 0 aliphatic carbocycles. The van der Waals surface area contributed by atoms with Gasteiger partial charge in [0.05, 0.1) is 21.3 Å². The number of nitrogens with zero attached hydrogens (tertiary/aromatic N) is 2. The fourth-order valence-electron chi connectivity index (χ4n) is 1.90. The summed E-state index contributed by atoms with van der Waals surface area (Å²) in [7, 11) is 0. The van der Waals surface area contributed by atoms with Crippen molar-refractivity contribution in [1.82, 2.24) is 4.98 Å². The van der Waals surface area contributed by atoms with Crippen LogP contribution in [0.25, 0.3) is 11.3 Å². The van der Waals surface area contributed by atoms with Crippen molar-refractivity contribution in [3.8, 4) is 11.3 Å². The van der Waals surface area contributed by atoms with Crippen LogP contribution in [0.3, 0.4) is 0 Å². The number of anilines is 2. The van der Waals surface area contributed by atoms with E-state index in [1.54, 1.807) is 18.2 Å². The Kier molecular flexibility index (Phi) is 5.70. The molecule has 0 saturated carbocycles. The Bertz CT molecular complexity index is 824. The summed E-state index contributed by atoms with van der Waals surface area (Å²) < 4.78 is 0. The first-order chi connectivity index (χ1) is 10.6. The molecule has 0 unspecified atom stereocenters. The SMILES string of the molecule is Br.O=[N+]([O-])c1ccc(-c2csc(Nc3ccccc3Cl)n2)cc1. The van der Waals surface area contributed by atoms with Gasteiger partial charge in [-0.15, -0.1) is 28.3 Å². The van der Waals surface area contributed by atoms with Gasteiger partial charge in [0.25, 0.3) is 5.69 Å². The van der Waals surface area contributed by atoms with Gasteiger partial charge in [-0.3, -0.25) is 10.1 Å². The predicted octanol–water partition coefficient (Wildman–Crippen LogP) is 5.69. The van der Waals surface area contributed by atoms with Crippen molar-refractivity contribution in [3.63, 3.8) is 0 Å². The minimum absolute atomic E-state index is 0. The van der Waals surface area contributed by atoms with Crippen LogP contribution < -0.4 is 5.32 Å². The highest BCUT2D eigenvalue weighted by Crippen LogP contribution is 2.30. The molecule has 0 aliphatic rings. The first kappa shape index (κ1) is 17.4. The van der Waals surface area contributed by atoms with Gasteiger partial charge in [0, 0.05) is 23.1 Å². The number of rotatable bonds is 4. The van der Waals surface area contributed by atoms with Crippen LogP contribution in [0.2, 0.25) is 5.02 Å². The van der Waals surface area contributed by atoms with Crippen LogP contribution in [-0.2, 0) is 0 Å². The van der Waals surface area contributed by atoms with Gasteiger partial charge in [0.1, 0.15) is 0 Å². The van der Waals surface area contributed by atoms with E-state index < -0.39 is 4.92 Å². The minimum Gasteiger partial charge on any atom is -0.330 e. The van der Waals surface area contributed by atoms with Gasteiger partial charge in [-0.2, -0.15) is 0 Å². The van der Waals surface area contributed by atoms with Gasteiger partial charge >= 0.3 is 0 Å². The third kappa shape index (κ3) is 4.07. The second kappa shape index (κ2) is 7.54. The van der Waals surface area contributed by atoms with E-state index in [0.717, 1.165) is 16.9 Å². The first-order valence-corrected chi connectivity index (χ1v) is 7.61. The molecule has 0 fully saturated rings. The standard InChI is InChI=1S/C15H10ClN3O2S.BrH/c16-12-3-1-2-4-13(12)17-15-18-14(9-22-15)10-5-7-11(8-6-10)19(20)21;/h1-9H,(H,17,18);1H. The number of nitrogens with one attached hydrogen (secondary N) is 1. The van der Waals surface area contributed by atoms with Gasteiger partial charge in [-0.1, -0.05) is 23.7 Å². The number of nitro groups is 1. The molecular formula is C15H11BrClN3O2S. The molecule has 1 heterocycles. The quantitative estimate of drug-likeness (QED) is 0.441. The number of aromatic nitrogens is 1. The summed E-state index contributed by atoms with van der Waals surface area (Å²) in [5, 5.41) is 17.0. The zero-order valence-corrected chi connectivity index (χ0v) is 14.9. The molecule has 0 bridgehead atoms. The molecule has 1 aromatic heterocycles. The van der Waals surface area contributed by atoms with Gasteiger partial charge in [-0.25, -0.2) is 4.98 Å². The zero-order chi connectivity index (χ0) is 15.5. The van der Waals surface area contributed by atoms with Crippen LogP contribution >= 0.6 is 39.9 Å². The van der Waals surface area contributed by atoms with Crippen LogP contribution in [0, 0.1) is 10.1 Å². The lowest BCUT2D eigenvalue weighted by molar-refractivity contribution is -0.384. The maximum Gasteiger partial charge on any atom is 0.269 e. The van der Waals surface area contributed by atoms with Gasteiger partial charge < -0.3 is 5.32 Å². The molecule has 3 aromatic rings. The van der Waals surface area contributed by atoms with E-state index in [0.29, 0.717) is 10.2 Å². The van der Waals surface area contributed by atoms with Crippen LogP contribution in [0.1, 0.15) is 0 Å². The van der Waals surface area contributed by atoms with Crippen molar-refractivity contribution < 1.29 is 4.92 Å². The van der Waals surface area contributed by atoms with Gasteiger partial charge in [0.2, 0.25) is 0 Å². The number of nitro benzene ring substituents is 1. The summed E-state index contributed by atoms with van der Waals surface area (Å²) in [5.41, 5.74) is 2.44. The fourth-order valence-corrected chi connectivity index (χ4v) is 2.81. The van der Waals surface area contributed by atoms with E-state index in [1.807, 2.05) is 23.6 Å². The molecule has 1 N–H and O–H groups in total. The smallest absolute Gasteiger partial charge is 0.269 e. The lowest BCUT2D eigenvalue weighted by Gasteiger charge is -2.04. The summed E-state index contributed by atoms with van der Waals surface area (Å²) in [6.07, 6.45) is 0. The van der Waals surface area contributed by atoms with Crippen LogP contribution in [-0.4, -0.2) is 9.91 Å². The Labute approximate surface area is 151 Å². The highest BCUT2D eigenvalue weighted by Gasteiger charge is 2.09. The summed E-state index contributed by atoms with van der Waals surface area (Å²) >= 11 is 7.54. The van der Waals surface area contributed by atoms with Crippen LogP contribution in [0.4, 0.5) is 16.5 Å². The summed E-state index contributed by atoms with van der Waals surface area (Å²) in [6, 6.07) is 13.7. The molecule has 0 atom stereocenters. The van der Waals surface area contributed by atoms with Crippen molar-refractivity contribution in [2.75, 3.05) is 5.32 Å². The Morgan fingerprint density at radius 2 is 1.83 bits per heavy atom. The Morgan fingerprint density at radius 1 is 1.13 bits per heavy atom. The second-order valence-electron chi connectivity index (χ2n) is 4.45. The molecule has 0 aliphatic heterocycles. The lowest BCUT2D eigenvalue weighted by Crippen LogP contribution is -1.90. The minimum atomic E-state index is -0.421. The fraction of sp³-hybridized carbons (Fsp3) is 0. The largest absolute Gasteiger partial charge is 0.330 e. The van der Waals surface area contributed by atoms with Gasteiger partial charge in [0.15, 0.2) is 5.13 Å². The number of hydrogen-bond acceptors (Lipinski definition) is 5. The average molecular weight is 413 g/mol. The number of benzene rings is 2. The average Bonchev–Trinajstić information content (AvgIpc) is 2.98. The van der Waals surface area contributed by atoms with Gasteiger partial charge in [-0.05, 0) is 24.3 Å². The van der Waals surface area contributed by atoms with E-state index in [1.165, 1.54) is 23.5 Å². The Hall–Kier alpha value is -1.96. The number of para-hydroxylation sites is 1. The van der Waals surface area contributed by atoms with Crippen LogP contribution in [0.15, 0.2) is 53.9 Å². The Balaban J connectivity index is 0.00000192. The summed E-state index contributed by atoms with van der Waals surface area (Å²) in [6.45, 7) is 0. The molecule has 5 nitrogen and oxygen atoms in total. The van der Waals surface area contributed by atoms with Crippen molar-refractivity contribution in [1.29, 1.82) is 0 Å². The molecule has 8 heteroatoms. The third-order valence-corrected chi connectivity index (χ3v) is 4.08. The monoisotopic (exact) mass is 411 g/mol. The van der Waals surface area contributed by atoms with E-state index in [4.69, 9.17) is 11.6 Å². The van der Waals surface area contributed by atoms with Crippen molar-refractivity contribution >= 4 is 56.4 Å². The topological polar surface area (TPSA) is 68.1 Å². The molecule has 0 amide bonds. The number of halogens is 2. The normalized spacial score (nSPS) is 9.96. The Morgan fingerprint density at radius 3 is 2.48 bits per heavy atom. The highest BCUT2D eigenvalue weighted by atomic mass is 79.9. The number of thiazole rings is 1. The maximum absolute atomic E-state index is 10.7. The van der Waals surface area contributed by atoms with Crippen molar-refractivity contribution in [2.24, 2.45) is 0 Å². The first-order valence-electron chi connectivity index (χ1n) is 6.35. The molecule has 0 saturated heterocycles. The molecule has 23 heavy (non-hydrogen) atoms. The molecule has 3 rings (SSSR count). The molecule has 0 spiro atoms. The predicted molar refractivity (Wildman–Crippen MR) is 99.3 cm³/mol. The lowest BCUT2D eigenvalue weighted by atomic mass is 10.1. The molecule has 0 radical (unpaired) electrons. The van der Waals surface area contributed by atoms with E-state index in [9.17, 15) is 10.1 Å². The van der Waals surface area contributed by atoms with E-state index >= 15 is 0 Å². The highest BCUT2D eigenvalue weighted by molar-refractivity contribution is 8.93. The van der Waals surface area contributed by atoms with Crippen LogP contribution in [0.5, 0.6) is 0 Å². The number of hydrogen-bond donors (Lipinski definition) is 1.